The first-order chi connectivity index (χ1) is 9.56. The molecule has 2 aromatic rings. The maximum absolute atomic E-state index is 10.8. The number of aliphatic carboxylic acids is 1. The second-order valence-electron chi connectivity index (χ2n) is 3.92. The van der Waals surface area contributed by atoms with Crippen molar-refractivity contribution in [3.63, 3.8) is 0 Å². The highest BCUT2D eigenvalue weighted by molar-refractivity contribution is 5.70. The van der Waals surface area contributed by atoms with E-state index in [1.54, 1.807) is 24.3 Å². The smallest absolute Gasteiger partial charge is 0.329 e. The fourth-order valence-corrected chi connectivity index (χ4v) is 1.57. The number of benzene rings is 1. The van der Waals surface area contributed by atoms with Crippen LogP contribution in [-0.2, 0) is 11.2 Å². The number of pyridine rings is 1. The number of hydrogen-bond acceptors (Lipinski definition) is 5. The van der Waals surface area contributed by atoms with Crippen molar-refractivity contribution in [3.05, 3.63) is 58.4 Å². The van der Waals surface area contributed by atoms with Gasteiger partial charge in [0.2, 0.25) is 5.75 Å². The third-order valence-corrected chi connectivity index (χ3v) is 2.46. The number of carboxylic acids is 1. The van der Waals surface area contributed by atoms with E-state index < -0.39 is 10.9 Å². The number of rotatable bonds is 5. The van der Waals surface area contributed by atoms with Crippen LogP contribution >= 0.6 is 0 Å². The van der Waals surface area contributed by atoms with Crippen molar-refractivity contribution in [2.45, 2.75) is 6.42 Å². The molecule has 1 aromatic heterocycles. The molecule has 0 unspecified atom stereocenters. The molecule has 0 spiro atoms. The molecular formula is C13H10N2O5. The van der Waals surface area contributed by atoms with Gasteiger partial charge in [-0.2, -0.15) is 0 Å². The SMILES string of the molecule is O=C(O)Cc1ccc(Oc2ccncc2[N+](=O)[O-])cc1. The third-order valence-electron chi connectivity index (χ3n) is 2.46. The Morgan fingerprint density at radius 3 is 2.60 bits per heavy atom. The molecule has 0 saturated carbocycles. The molecule has 0 radical (unpaired) electrons. The average Bonchev–Trinajstić information content (AvgIpc) is 2.41. The fourth-order valence-electron chi connectivity index (χ4n) is 1.57. The lowest BCUT2D eigenvalue weighted by molar-refractivity contribution is -0.386. The lowest BCUT2D eigenvalue weighted by Gasteiger charge is -2.06. The van der Waals surface area contributed by atoms with Crippen molar-refractivity contribution in [1.29, 1.82) is 0 Å². The van der Waals surface area contributed by atoms with Crippen molar-refractivity contribution in [2.24, 2.45) is 0 Å². The Bertz CT molecular complexity index is 639. The highest BCUT2D eigenvalue weighted by atomic mass is 16.6. The van der Waals surface area contributed by atoms with Gasteiger partial charge < -0.3 is 9.84 Å². The molecule has 7 heteroatoms. The number of nitro groups is 1. The van der Waals surface area contributed by atoms with Gasteiger partial charge in [0.05, 0.1) is 11.3 Å². The average molecular weight is 274 g/mol. The van der Waals surface area contributed by atoms with Crippen LogP contribution in [0.5, 0.6) is 11.5 Å². The monoisotopic (exact) mass is 274 g/mol. The van der Waals surface area contributed by atoms with Crippen molar-refractivity contribution >= 4 is 11.7 Å². The molecule has 0 atom stereocenters. The molecule has 102 valence electrons. The summed E-state index contributed by atoms with van der Waals surface area (Å²) in [6, 6.07) is 7.70. The first-order valence-electron chi connectivity index (χ1n) is 5.63. The lowest BCUT2D eigenvalue weighted by Crippen LogP contribution is -1.99. The Balaban J connectivity index is 2.18. The summed E-state index contributed by atoms with van der Waals surface area (Å²) in [5.41, 5.74) is 0.385. The molecule has 0 aliphatic heterocycles. The molecule has 0 bridgehead atoms. The van der Waals surface area contributed by atoms with Gasteiger partial charge in [-0.05, 0) is 17.7 Å². The zero-order valence-electron chi connectivity index (χ0n) is 10.2. The summed E-state index contributed by atoms with van der Waals surface area (Å²) in [4.78, 5) is 24.4. The molecule has 0 saturated heterocycles. The van der Waals surface area contributed by atoms with Crippen molar-refractivity contribution in [3.8, 4) is 11.5 Å². The Hall–Kier alpha value is -2.96. The molecule has 1 N–H and O–H groups in total. The Morgan fingerprint density at radius 1 is 1.30 bits per heavy atom. The third kappa shape index (κ3) is 3.29. The normalized spacial score (nSPS) is 10.0. The van der Waals surface area contributed by atoms with Gasteiger partial charge in [-0.3, -0.25) is 19.9 Å². The molecule has 20 heavy (non-hydrogen) atoms. The van der Waals surface area contributed by atoms with Crippen molar-refractivity contribution in [2.75, 3.05) is 0 Å². The van der Waals surface area contributed by atoms with Crippen LogP contribution in [0.1, 0.15) is 5.56 Å². The minimum absolute atomic E-state index is 0.0796. The maximum atomic E-state index is 10.8. The molecule has 0 fully saturated rings. The van der Waals surface area contributed by atoms with Gasteiger partial charge in [-0.25, -0.2) is 0 Å². The maximum Gasteiger partial charge on any atom is 0.329 e. The van der Waals surface area contributed by atoms with Gasteiger partial charge in [0, 0.05) is 12.3 Å². The van der Waals surface area contributed by atoms with Crippen molar-refractivity contribution in [1.82, 2.24) is 4.98 Å². The molecule has 7 nitrogen and oxygen atoms in total. The molecule has 0 amide bonds. The molecule has 0 aliphatic carbocycles. The van der Waals surface area contributed by atoms with Gasteiger partial charge in [0.1, 0.15) is 11.9 Å². The van der Waals surface area contributed by atoms with Crippen LogP contribution in [0.25, 0.3) is 0 Å². The standard InChI is InChI=1S/C13H10N2O5/c16-13(17)7-9-1-3-10(4-2-9)20-12-5-6-14-8-11(12)15(18)19/h1-6,8H,7H2,(H,16,17). The predicted molar refractivity (Wildman–Crippen MR) is 68.7 cm³/mol. The van der Waals surface area contributed by atoms with Crippen LogP contribution in [0.15, 0.2) is 42.7 Å². The van der Waals surface area contributed by atoms with Crippen LogP contribution in [0.4, 0.5) is 5.69 Å². The summed E-state index contributed by atoms with van der Waals surface area (Å²) in [7, 11) is 0. The van der Waals surface area contributed by atoms with Gasteiger partial charge in [0.25, 0.3) is 0 Å². The molecule has 1 aromatic carbocycles. The van der Waals surface area contributed by atoms with Crippen LogP contribution in [0.3, 0.4) is 0 Å². The minimum atomic E-state index is -0.927. The largest absolute Gasteiger partial charge is 0.481 e. The number of nitrogens with zero attached hydrogens (tertiary/aromatic N) is 2. The zero-order chi connectivity index (χ0) is 14.5. The topological polar surface area (TPSA) is 103 Å². The van der Waals surface area contributed by atoms with E-state index in [1.165, 1.54) is 12.3 Å². The van der Waals surface area contributed by atoms with E-state index in [4.69, 9.17) is 9.84 Å². The van der Waals surface area contributed by atoms with Gasteiger partial charge in [0.15, 0.2) is 0 Å². The molecule has 1 heterocycles. The summed E-state index contributed by atoms with van der Waals surface area (Å²) in [5.74, 6) is -0.465. The predicted octanol–water partition coefficient (Wildman–Crippen LogP) is 2.41. The Labute approximate surface area is 113 Å². The zero-order valence-corrected chi connectivity index (χ0v) is 10.2. The van der Waals surface area contributed by atoms with E-state index in [-0.39, 0.29) is 17.9 Å². The van der Waals surface area contributed by atoms with E-state index in [1.807, 2.05) is 0 Å². The molecule has 0 aliphatic rings. The van der Waals surface area contributed by atoms with Crippen molar-refractivity contribution < 1.29 is 19.6 Å². The van der Waals surface area contributed by atoms with Gasteiger partial charge in [-0.1, -0.05) is 12.1 Å². The minimum Gasteiger partial charge on any atom is -0.481 e. The molecule has 2 rings (SSSR count). The summed E-state index contributed by atoms with van der Waals surface area (Å²) < 4.78 is 5.40. The van der Waals surface area contributed by atoms with E-state index in [0.29, 0.717) is 11.3 Å². The number of carboxylic acid groups (broad SMARTS) is 1. The van der Waals surface area contributed by atoms with E-state index >= 15 is 0 Å². The summed E-state index contributed by atoms with van der Waals surface area (Å²) >= 11 is 0. The number of aromatic nitrogens is 1. The molecular weight excluding hydrogens is 264 g/mol. The van der Waals surface area contributed by atoms with E-state index in [9.17, 15) is 14.9 Å². The van der Waals surface area contributed by atoms with Gasteiger partial charge in [-0.15, -0.1) is 0 Å². The summed E-state index contributed by atoms with van der Waals surface area (Å²) in [5, 5.41) is 19.5. The summed E-state index contributed by atoms with van der Waals surface area (Å²) in [6.07, 6.45) is 2.41. The first-order valence-corrected chi connectivity index (χ1v) is 5.63. The number of ether oxygens (including phenoxy) is 1. The van der Waals surface area contributed by atoms with Crippen LogP contribution in [0, 0.1) is 10.1 Å². The quantitative estimate of drug-likeness (QED) is 0.663. The number of carbonyl (C=O) groups is 1. The van der Waals surface area contributed by atoms with Crippen LogP contribution < -0.4 is 4.74 Å². The number of hydrogen-bond donors (Lipinski definition) is 1. The van der Waals surface area contributed by atoms with Gasteiger partial charge >= 0.3 is 11.7 Å². The highest BCUT2D eigenvalue weighted by Crippen LogP contribution is 2.29. The Kier molecular flexibility index (Phi) is 3.90. The Morgan fingerprint density at radius 2 is 2.00 bits per heavy atom. The first kappa shape index (κ1) is 13.5. The van der Waals surface area contributed by atoms with E-state index in [0.717, 1.165) is 6.20 Å². The van der Waals surface area contributed by atoms with Crippen LogP contribution in [-0.4, -0.2) is 21.0 Å². The van der Waals surface area contributed by atoms with E-state index in [2.05, 4.69) is 4.98 Å². The fraction of sp³-hybridized carbons (Fsp3) is 0.0769. The lowest BCUT2D eigenvalue weighted by atomic mass is 10.1. The highest BCUT2D eigenvalue weighted by Gasteiger charge is 2.15. The van der Waals surface area contributed by atoms with Crippen LogP contribution in [0.2, 0.25) is 0 Å². The summed E-state index contributed by atoms with van der Waals surface area (Å²) in [6.45, 7) is 0. The second-order valence-corrected chi connectivity index (χ2v) is 3.92. The second kappa shape index (κ2) is 5.79.